The fourth-order valence-electron chi connectivity index (χ4n) is 1.72. The molecule has 2 aliphatic heterocycles. The minimum atomic E-state index is 0.224. The zero-order chi connectivity index (χ0) is 9.97. The average Bonchev–Trinajstić information content (AvgIpc) is 2.46. The van der Waals surface area contributed by atoms with E-state index in [1.165, 1.54) is 0 Å². The van der Waals surface area contributed by atoms with E-state index in [9.17, 15) is 4.79 Å². The molecule has 0 saturated carbocycles. The number of hydrogen-bond donors (Lipinski definition) is 0. The maximum Gasteiger partial charge on any atom is 0.227 e. The summed E-state index contributed by atoms with van der Waals surface area (Å²) in [4.78, 5) is 17.6. The van der Waals surface area contributed by atoms with Crippen molar-refractivity contribution in [2.45, 2.75) is 26.2 Å². The van der Waals surface area contributed by atoms with E-state index in [4.69, 9.17) is 0 Å². The van der Waals surface area contributed by atoms with Crippen LogP contribution in [0.15, 0.2) is 28.5 Å². The third kappa shape index (κ3) is 1.76. The number of carbonyl (C=O) groups excluding carboxylic acids is 1. The van der Waals surface area contributed by atoms with Crippen LogP contribution in [0.25, 0.3) is 0 Å². The van der Waals surface area contributed by atoms with Crippen LogP contribution in [0.4, 0.5) is 0 Å². The summed E-state index contributed by atoms with van der Waals surface area (Å²) < 4.78 is 0. The van der Waals surface area contributed by atoms with Crippen LogP contribution in [0, 0.1) is 0 Å². The third-order valence-corrected chi connectivity index (χ3v) is 2.53. The molecule has 14 heavy (non-hydrogen) atoms. The maximum atomic E-state index is 11.5. The number of carbonyl (C=O) groups is 1. The number of rotatable bonds is 1. The van der Waals surface area contributed by atoms with Crippen molar-refractivity contribution < 1.29 is 4.79 Å². The van der Waals surface area contributed by atoms with E-state index in [-0.39, 0.29) is 5.91 Å². The minimum absolute atomic E-state index is 0.224. The predicted molar refractivity (Wildman–Crippen MR) is 55.9 cm³/mol. The second kappa shape index (κ2) is 3.78. The molecule has 2 rings (SSSR count). The van der Waals surface area contributed by atoms with Crippen LogP contribution < -0.4 is 0 Å². The van der Waals surface area contributed by atoms with E-state index in [0.717, 1.165) is 30.8 Å². The Kier molecular flexibility index (Phi) is 2.48. The van der Waals surface area contributed by atoms with Crippen molar-refractivity contribution >= 4 is 12.1 Å². The molecule has 0 aliphatic carbocycles. The van der Waals surface area contributed by atoms with Gasteiger partial charge in [0.25, 0.3) is 0 Å². The summed E-state index contributed by atoms with van der Waals surface area (Å²) in [5.41, 5.74) is 1.98. The summed E-state index contributed by atoms with van der Waals surface area (Å²) in [6, 6.07) is 0. The minimum Gasteiger partial charge on any atom is -0.311 e. The Morgan fingerprint density at radius 1 is 1.43 bits per heavy atom. The Morgan fingerprint density at radius 2 is 2.29 bits per heavy atom. The molecule has 0 atom stereocenters. The first kappa shape index (κ1) is 9.19. The smallest absolute Gasteiger partial charge is 0.227 e. The highest BCUT2D eigenvalue weighted by molar-refractivity contribution is 5.89. The average molecular weight is 190 g/mol. The van der Waals surface area contributed by atoms with Crippen molar-refractivity contribution in [3.05, 3.63) is 23.5 Å². The second-order valence-electron chi connectivity index (χ2n) is 3.62. The van der Waals surface area contributed by atoms with Crippen LogP contribution in [-0.4, -0.2) is 23.6 Å². The van der Waals surface area contributed by atoms with Crippen LogP contribution in [0.2, 0.25) is 0 Å². The van der Waals surface area contributed by atoms with Crippen molar-refractivity contribution in [1.82, 2.24) is 4.90 Å². The highest BCUT2D eigenvalue weighted by Gasteiger charge is 2.22. The topological polar surface area (TPSA) is 32.7 Å². The van der Waals surface area contributed by atoms with Gasteiger partial charge in [-0.3, -0.25) is 9.79 Å². The van der Waals surface area contributed by atoms with Crippen LogP contribution >= 0.6 is 0 Å². The maximum absolute atomic E-state index is 11.5. The van der Waals surface area contributed by atoms with E-state index in [1.54, 1.807) is 6.21 Å². The Morgan fingerprint density at radius 3 is 3.00 bits per heavy atom. The summed E-state index contributed by atoms with van der Waals surface area (Å²) in [6.07, 6.45) is 8.42. The van der Waals surface area contributed by atoms with Crippen LogP contribution in [0.1, 0.15) is 26.2 Å². The third-order valence-electron chi connectivity index (χ3n) is 2.53. The van der Waals surface area contributed by atoms with E-state index < -0.39 is 0 Å². The number of nitrogens with zero attached hydrogens (tertiary/aromatic N) is 2. The van der Waals surface area contributed by atoms with Gasteiger partial charge in [0.15, 0.2) is 0 Å². The van der Waals surface area contributed by atoms with Crippen molar-refractivity contribution in [1.29, 1.82) is 0 Å². The van der Waals surface area contributed by atoms with E-state index in [0.29, 0.717) is 6.42 Å². The van der Waals surface area contributed by atoms with Crippen molar-refractivity contribution in [3.8, 4) is 0 Å². The molecule has 0 bridgehead atoms. The van der Waals surface area contributed by atoms with Gasteiger partial charge in [0.05, 0.1) is 11.9 Å². The summed E-state index contributed by atoms with van der Waals surface area (Å²) in [5.74, 6) is 0.224. The molecule has 0 N–H and O–H groups in total. The lowest BCUT2D eigenvalue weighted by atomic mass is 10.3. The molecule has 0 aromatic carbocycles. The molecule has 74 valence electrons. The Hall–Kier alpha value is -1.38. The molecule has 0 radical (unpaired) electrons. The summed E-state index contributed by atoms with van der Waals surface area (Å²) in [6.45, 7) is 2.81. The number of amides is 1. The molecule has 0 spiro atoms. The number of allylic oxidation sites excluding steroid dienone is 4. The molecule has 0 aromatic rings. The van der Waals surface area contributed by atoms with Gasteiger partial charge < -0.3 is 4.90 Å². The van der Waals surface area contributed by atoms with Crippen molar-refractivity contribution in [3.63, 3.8) is 0 Å². The Balaban J connectivity index is 2.16. The van der Waals surface area contributed by atoms with E-state index in [1.807, 2.05) is 11.8 Å². The van der Waals surface area contributed by atoms with Crippen LogP contribution in [-0.2, 0) is 4.79 Å². The van der Waals surface area contributed by atoms with Crippen molar-refractivity contribution in [2.75, 3.05) is 6.54 Å². The Bertz CT molecular complexity index is 339. The monoisotopic (exact) mass is 190 g/mol. The second-order valence-corrected chi connectivity index (χ2v) is 3.62. The van der Waals surface area contributed by atoms with Crippen LogP contribution in [0.3, 0.4) is 0 Å². The van der Waals surface area contributed by atoms with Gasteiger partial charge in [-0.05, 0) is 19.8 Å². The SMILES string of the molecule is CC1=CCC=C(N2CCCC2=O)C=N1. The molecule has 0 unspecified atom stereocenters. The summed E-state index contributed by atoms with van der Waals surface area (Å²) in [7, 11) is 0. The fourth-order valence-corrected chi connectivity index (χ4v) is 1.72. The molecular weight excluding hydrogens is 176 g/mol. The van der Waals surface area contributed by atoms with Gasteiger partial charge in [-0.15, -0.1) is 0 Å². The van der Waals surface area contributed by atoms with Gasteiger partial charge >= 0.3 is 0 Å². The van der Waals surface area contributed by atoms with Gasteiger partial charge in [0, 0.05) is 18.7 Å². The first-order valence-corrected chi connectivity index (χ1v) is 4.99. The lowest BCUT2D eigenvalue weighted by molar-refractivity contribution is -0.125. The summed E-state index contributed by atoms with van der Waals surface area (Å²) >= 11 is 0. The first-order valence-electron chi connectivity index (χ1n) is 4.99. The standard InChI is InChI=1S/C11H14N2O/c1-9-4-2-5-10(8-12-9)13-7-3-6-11(13)14/h4-5,8H,2-3,6-7H2,1H3. The quantitative estimate of drug-likeness (QED) is 0.621. The molecule has 3 nitrogen and oxygen atoms in total. The molecule has 1 saturated heterocycles. The van der Waals surface area contributed by atoms with Gasteiger partial charge in [-0.1, -0.05) is 12.2 Å². The zero-order valence-electron chi connectivity index (χ0n) is 8.36. The number of hydrogen-bond acceptors (Lipinski definition) is 2. The molecule has 2 heterocycles. The normalized spacial score (nSPS) is 22.1. The largest absolute Gasteiger partial charge is 0.311 e. The molecule has 1 fully saturated rings. The fraction of sp³-hybridized carbons (Fsp3) is 0.455. The Labute approximate surface area is 83.8 Å². The van der Waals surface area contributed by atoms with Crippen LogP contribution in [0.5, 0.6) is 0 Å². The highest BCUT2D eigenvalue weighted by atomic mass is 16.2. The zero-order valence-corrected chi connectivity index (χ0v) is 8.36. The van der Waals surface area contributed by atoms with Gasteiger partial charge in [0.2, 0.25) is 5.91 Å². The molecule has 2 aliphatic rings. The predicted octanol–water partition coefficient (Wildman–Crippen LogP) is 1.87. The van der Waals surface area contributed by atoms with E-state index in [2.05, 4.69) is 17.1 Å². The molecular formula is C11H14N2O. The summed E-state index contributed by atoms with van der Waals surface area (Å²) in [5, 5.41) is 0. The number of likely N-dealkylation sites (tertiary alicyclic amines) is 1. The van der Waals surface area contributed by atoms with Gasteiger partial charge in [-0.25, -0.2) is 0 Å². The van der Waals surface area contributed by atoms with Gasteiger partial charge in [0.1, 0.15) is 0 Å². The van der Waals surface area contributed by atoms with Gasteiger partial charge in [-0.2, -0.15) is 0 Å². The first-order chi connectivity index (χ1) is 6.77. The lowest BCUT2D eigenvalue weighted by Gasteiger charge is -2.15. The van der Waals surface area contributed by atoms with E-state index >= 15 is 0 Å². The highest BCUT2D eigenvalue weighted by Crippen LogP contribution is 2.17. The molecule has 1 amide bonds. The number of aliphatic imine (C=N–C) groups is 1. The lowest BCUT2D eigenvalue weighted by Crippen LogP contribution is -2.24. The molecule has 3 heteroatoms. The van der Waals surface area contributed by atoms with Crippen molar-refractivity contribution in [2.24, 2.45) is 4.99 Å². The molecule has 0 aromatic heterocycles.